The standard InChI is InChI=1S/C18H20N2O/c1-20-11-4-5-15(20)10-12-21-18-9-8-14(13-19)16-6-2-3-7-17(16)18/h2-3,6-9,15H,4-5,10-12H2,1H3. The van der Waals surface area contributed by atoms with Crippen LogP contribution in [0.15, 0.2) is 36.4 Å². The molecular formula is C18H20N2O. The Morgan fingerprint density at radius 2 is 2.05 bits per heavy atom. The average molecular weight is 280 g/mol. The van der Waals surface area contributed by atoms with Gasteiger partial charge in [0.25, 0.3) is 0 Å². The first-order valence-corrected chi connectivity index (χ1v) is 7.54. The van der Waals surface area contributed by atoms with E-state index >= 15 is 0 Å². The van der Waals surface area contributed by atoms with E-state index in [0.29, 0.717) is 11.6 Å². The molecule has 3 rings (SSSR count). The van der Waals surface area contributed by atoms with E-state index in [0.717, 1.165) is 29.5 Å². The lowest BCUT2D eigenvalue weighted by Crippen LogP contribution is -2.26. The van der Waals surface area contributed by atoms with Crippen molar-refractivity contribution in [2.75, 3.05) is 20.2 Å². The Labute approximate surface area is 125 Å². The lowest BCUT2D eigenvalue weighted by molar-refractivity contribution is 0.234. The second-order valence-electron chi connectivity index (χ2n) is 5.68. The molecule has 108 valence electrons. The van der Waals surface area contributed by atoms with Gasteiger partial charge in [0.1, 0.15) is 5.75 Å². The van der Waals surface area contributed by atoms with Gasteiger partial charge in [-0.2, -0.15) is 5.26 Å². The molecule has 0 amide bonds. The predicted octanol–water partition coefficient (Wildman–Crippen LogP) is 3.57. The summed E-state index contributed by atoms with van der Waals surface area (Å²) in [6.45, 7) is 1.93. The molecular weight excluding hydrogens is 260 g/mol. The zero-order valence-corrected chi connectivity index (χ0v) is 12.4. The van der Waals surface area contributed by atoms with Crippen LogP contribution in [-0.2, 0) is 0 Å². The number of ether oxygens (including phenoxy) is 1. The normalized spacial score (nSPS) is 18.8. The highest BCUT2D eigenvalue weighted by molar-refractivity contribution is 5.92. The van der Waals surface area contributed by atoms with Crippen LogP contribution >= 0.6 is 0 Å². The van der Waals surface area contributed by atoms with Crippen LogP contribution in [0.2, 0.25) is 0 Å². The van der Waals surface area contributed by atoms with Crippen LogP contribution in [0.4, 0.5) is 0 Å². The van der Waals surface area contributed by atoms with Crippen molar-refractivity contribution in [1.29, 1.82) is 5.26 Å². The van der Waals surface area contributed by atoms with E-state index in [-0.39, 0.29) is 0 Å². The van der Waals surface area contributed by atoms with Gasteiger partial charge >= 0.3 is 0 Å². The molecule has 1 saturated heterocycles. The second kappa shape index (κ2) is 6.15. The first-order chi connectivity index (χ1) is 10.3. The SMILES string of the molecule is CN1CCCC1CCOc1ccc(C#N)c2ccccc12. The van der Waals surface area contributed by atoms with Gasteiger partial charge in [0, 0.05) is 16.8 Å². The smallest absolute Gasteiger partial charge is 0.127 e. The molecule has 0 spiro atoms. The number of likely N-dealkylation sites (tertiary alicyclic amines) is 1. The minimum absolute atomic E-state index is 0.648. The molecule has 1 aliphatic heterocycles. The Balaban J connectivity index is 1.74. The summed E-state index contributed by atoms with van der Waals surface area (Å²) in [4.78, 5) is 2.42. The number of nitrogens with zero attached hydrogens (tertiary/aromatic N) is 2. The second-order valence-corrected chi connectivity index (χ2v) is 5.68. The summed E-state index contributed by atoms with van der Waals surface area (Å²) in [5, 5.41) is 11.2. The average Bonchev–Trinajstić information content (AvgIpc) is 2.93. The summed E-state index contributed by atoms with van der Waals surface area (Å²) in [5.41, 5.74) is 0.702. The summed E-state index contributed by atoms with van der Waals surface area (Å²) < 4.78 is 5.99. The Morgan fingerprint density at radius 1 is 1.24 bits per heavy atom. The number of rotatable bonds is 4. The Kier molecular flexibility index (Phi) is 4.08. The number of hydrogen-bond donors (Lipinski definition) is 0. The van der Waals surface area contributed by atoms with Gasteiger partial charge in [-0.05, 0) is 45.0 Å². The van der Waals surface area contributed by atoms with Crippen LogP contribution in [-0.4, -0.2) is 31.1 Å². The van der Waals surface area contributed by atoms with Crippen molar-refractivity contribution in [2.45, 2.75) is 25.3 Å². The summed E-state index contributed by atoms with van der Waals surface area (Å²) >= 11 is 0. The third kappa shape index (κ3) is 2.86. The fraction of sp³-hybridized carbons (Fsp3) is 0.389. The highest BCUT2D eigenvalue weighted by Gasteiger charge is 2.20. The third-order valence-electron chi connectivity index (χ3n) is 4.38. The molecule has 1 fully saturated rings. The molecule has 1 aliphatic rings. The lowest BCUT2D eigenvalue weighted by atomic mass is 10.0. The van der Waals surface area contributed by atoms with Crippen LogP contribution < -0.4 is 4.74 Å². The fourth-order valence-corrected chi connectivity index (χ4v) is 3.14. The number of fused-ring (bicyclic) bond motifs is 1. The van der Waals surface area contributed by atoms with E-state index < -0.39 is 0 Å². The van der Waals surface area contributed by atoms with Crippen LogP contribution in [0.1, 0.15) is 24.8 Å². The van der Waals surface area contributed by atoms with Crippen LogP contribution in [0.5, 0.6) is 5.75 Å². The van der Waals surface area contributed by atoms with Crippen LogP contribution in [0.3, 0.4) is 0 Å². The zero-order valence-electron chi connectivity index (χ0n) is 12.4. The monoisotopic (exact) mass is 280 g/mol. The molecule has 2 aromatic rings. The van der Waals surface area contributed by atoms with Gasteiger partial charge in [-0.3, -0.25) is 0 Å². The molecule has 0 N–H and O–H groups in total. The van der Waals surface area contributed by atoms with Gasteiger partial charge in [-0.25, -0.2) is 0 Å². The minimum Gasteiger partial charge on any atom is -0.493 e. The van der Waals surface area contributed by atoms with Crippen molar-refractivity contribution in [2.24, 2.45) is 0 Å². The molecule has 3 nitrogen and oxygen atoms in total. The maximum absolute atomic E-state index is 9.18. The van der Waals surface area contributed by atoms with E-state index in [1.54, 1.807) is 0 Å². The highest BCUT2D eigenvalue weighted by atomic mass is 16.5. The van der Waals surface area contributed by atoms with Crippen molar-refractivity contribution >= 4 is 10.8 Å². The zero-order chi connectivity index (χ0) is 14.7. The quantitative estimate of drug-likeness (QED) is 0.859. The first-order valence-electron chi connectivity index (χ1n) is 7.54. The number of benzene rings is 2. The summed E-state index contributed by atoms with van der Waals surface area (Å²) in [5.74, 6) is 0.880. The van der Waals surface area contributed by atoms with Gasteiger partial charge in [0.05, 0.1) is 18.2 Å². The minimum atomic E-state index is 0.648. The largest absolute Gasteiger partial charge is 0.493 e. The molecule has 21 heavy (non-hydrogen) atoms. The Bertz CT molecular complexity index is 674. The van der Waals surface area contributed by atoms with Crippen molar-refractivity contribution in [3.05, 3.63) is 42.0 Å². The van der Waals surface area contributed by atoms with Crippen LogP contribution in [0.25, 0.3) is 10.8 Å². The predicted molar refractivity (Wildman–Crippen MR) is 84.4 cm³/mol. The van der Waals surface area contributed by atoms with E-state index in [1.807, 2.05) is 36.4 Å². The Hall–Kier alpha value is -2.05. The number of nitriles is 1. The van der Waals surface area contributed by atoms with E-state index in [9.17, 15) is 5.26 Å². The molecule has 0 aromatic heterocycles. The van der Waals surface area contributed by atoms with Gasteiger partial charge in [0.2, 0.25) is 0 Å². The molecule has 1 heterocycles. The van der Waals surface area contributed by atoms with Gasteiger partial charge in [0.15, 0.2) is 0 Å². The topological polar surface area (TPSA) is 36.3 Å². The van der Waals surface area contributed by atoms with Crippen molar-refractivity contribution < 1.29 is 4.74 Å². The molecule has 0 radical (unpaired) electrons. The molecule has 1 atom stereocenters. The highest BCUT2D eigenvalue weighted by Crippen LogP contribution is 2.28. The van der Waals surface area contributed by atoms with Gasteiger partial charge in [-0.15, -0.1) is 0 Å². The fourth-order valence-electron chi connectivity index (χ4n) is 3.14. The van der Waals surface area contributed by atoms with E-state index in [1.165, 1.54) is 19.4 Å². The summed E-state index contributed by atoms with van der Waals surface area (Å²) in [6, 6.07) is 14.6. The molecule has 2 aromatic carbocycles. The summed E-state index contributed by atoms with van der Waals surface area (Å²) in [7, 11) is 2.19. The molecule has 0 bridgehead atoms. The van der Waals surface area contributed by atoms with Crippen molar-refractivity contribution in [1.82, 2.24) is 4.90 Å². The van der Waals surface area contributed by atoms with Crippen LogP contribution in [0, 0.1) is 11.3 Å². The van der Waals surface area contributed by atoms with E-state index in [2.05, 4.69) is 18.0 Å². The molecule has 0 saturated carbocycles. The Morgan fingerprint density at radius 3 is 2.76 bits per heavy atom. The summed E-state index contributed by atoms with van der Waals surface area (Å²) in [6.07, 6.45) is 3.62. The van der Waals surface area contributed by atoms with E-state index in [4.69, 9.17) is 4.74 Å². The molecule has 0 aliphatic carbocycles. The maximum Gasteiger partial charge on any atom is 0.127 e. The third-order valence-corrected chi connectivity index (χ3v) is 4.38. The number of hydrogen-bond acceptors (Lipinski definition) is 3. The van der Waals surface area contributed by atoms with Gasteiger partial charge in [-0.1, -0.05) is 24.3 Å². The lowest BCUT2D eigenvalue weighted by Gasteiger charge is -2.19. The van der Waals surface area contributed by atoms with Crippen molar-refractivity contribution in [3.63, 3.8) is 0 Å². The van der Waals surface area contributed by atoms with Crippen molar-refractivity contribution in [3.8, 4) is 11.8 Å². The molecule has 3 heteroatoms. The van der Waals surface area contributed by atoms with Gasteiger partial charge < -0.3 is 9.64 Å². The maximum atomic E-state index is 9.18. The molecule has 1 unspecified atom stereocenters. The first kappa shape index (κ1) is 13.9.